The van der Waals surface area contributed by atoms with Gasteiger partial charge in [-0.3, -0.25) is 14.9 Å². The van der Waals surface area contributed by atoms with Gasteiger partial charge in [0, 0.05) is 23.1 Å². The molecule has 39 heavy (non-hydrogen) atoms. The highest BCUT2D eigenvalue weighted by molar-refractivity contribution is 9.10. The third-order valence-electron chi connectivity index (χ3n) is 5.66. The van der Waals surface area contributed by atoms with Gasteiger partial charge in [-0.25, -0.2) is 13.4 Å². The first-order chi connectivity index (χ1) is 18.6. The van der Waals surface area contributed by atoms with Crippen molar-refractivity contribution in [3.05, 3.63) is 80.5 Å². The first kappa shape index (κ1) is 28.5. The fourth-order valence-corrected chi connectivity index (χ4v) is 6.58. The van der Waals surface area contributed by atoms with Crippen molar-refractivity contribution in [1.82, 2.24) is 9.29 Å². The van der Waals surface area contributed by atoms with Crippen molar-refractivity contribution in [3.8, 4) is 0 Å². The molecule has 0 saturated carbocycles. The maximum Gasteiger partial charge on any atom is 0.433 e. The number of carbonyl (C=O) groups is 1. The summed E-state index contributed by atoms with van der Waals surface area (Å²) in [7, 11) is -3.71. The SMILES string of the molecule is CCCCN(CC)S(=O)(=O)c1ccc(C(=O)N(/N=C/c2ccc([N+](=O)[O-])o2)c2nc3ccc(Br)cc3s2)cc1. The summed E-state index contributed by atoms with van der Waals surface area (Å²) in [5.74, 6) is -0.972. The number of amides is 1. The van der Waals surface area contributed by atoms with E-state index in [0.717, 1.165) is 27.0 Å². The van der Waals surface area contributed by atoms with Gasteiger partial charge in [0.15, 0.2) is 5.76 Å². The van der Waals surface area contributed by atoms with Crippen LogP contribution in [0.1, 0.15) is 42.8 Å². The molecule has 0 fully saturated rings. The molecule has 4 rings (SSSR count). The molecule has 0 aliphatic heterocycles. The number of furan rings is 1. The summed E-state index contributed by atoms with van der Waals surface area (Å²) in [4.78, 5) is 28.5. The van der Waals surface area contributed by atoms with Crippen LogP contribution in [0, 0.1) is 10.1 Å². The third-order valence-corrected chi connectivity index (χ3v) is 9.13. The number of benzene rings is 2. The lowest BCUT2D eigenvalue weighted by Crippen LogP contribution is -2.32. The van der Waals surface area contributed by atoms with Crippen molar-refractivity contribution in [3.63, 3.8) is 0 Å². The Balaban J connectivity index is 1.68. The summed E-state index contributed by atoms with van der Waals surface area (Å²) < 4.78 is 34.3. The molecule has 0 N–H and O–H groups in total. The fraction of sp³-hybridized carbons (Fsp3) is 0.240. The van der Waals surface area contributed by atoms with Crippen LogP contribution in [0.15, 0.2) is 73.5 Å². The number of fused-ring (bicyclic) bond motifs is 1. The second-order valence-corrected chi connectivity index (χ2v) is 12.1. The number of aromatic nitrogens is 1. The molecule has 2 aromatic carbocycles. The molecule has 4 aromatic rings. The Labute approximate surface area is 237 Å². The van der Waals surface area contributed by atoms with Crippen LogP contribution >= 0.6 is 27.3 Å². The predicted octanol–water partition coefficient (Wildman–Crippen LogP) is 6.05. The molecule has 204 valence electrons. The Bertz CT molecular complexity index is 1630. The zero-order valence-corrected chi connectivity index (χ0v) is 24.2. The van der Waals surface area contributed by atoms with E-state index < -0.39 is 26.7 Å². The van der Waals surface area contributed by atoms with Crippen molar-refractivity contribution >= 4 is 70.6 Å². The van der Waals surface area contributed by atoms with Gasteiger partial charge in [-0.1, -0.05) is 47.5 Å². The van der Waals surface area contributed by atoms with Crippen molar-refractivity contribution in [2.75, 3.05) is 18.1 Å². The number of unbranched alkanes of at least 4 members (excludes halogenated alkanes) is 1. The van der Waals surface area contributed by atoms with E-state index in [1.54, 1.807) is 13.0 Å². The number of carbonyl (C=O) groups excluding carboxylic acids is 1. The molecular formula is C25H24BrN5O6S2. The Morgan fingerprint density at radius 1 is 1.18 bits per heavy atom. The third kappa shape index (κ3) is 6.41. The largest absolute Gasteiger partial charge is 0.433 e. The molecule has 0 aliphatic carbocycles. The van der Waals surface area contributed by atoms with Gasteiger partial charge >= 0.3 is 5.88 Å². The lowest BCUT2D eigenvalue weighted by atomic mass is 10.2. The van der Waals surface area contributed by atoms with Gasteiger partial charge < -0.3 is 4.42 Å². The number of rotatable bonds is 11. The van der Waals surface area contributed by atoms with Crippen LogP contribution in [0.5, 0.6) is 0 Å². The van der Waals surface area contributed by atoms with E-state index >= 15 is 0 Å². The molecule has 0 atom stereocenters. The molecule has 0 unspecified atom stereocenters. The molecule has 2 heterocycles. The Hall–Kier alpha value is -3.46. The molecule has 0 aliphatic rings. The maximum absolute atomic E-state index is 13.6. The first-order valence-electron chi connectivity index (χ1n) is 11.9. The normalized spacial score (nSPS) is 12.0. The van der Waals surface area contributed by atoms with Crippen LogP contribution in [-0.4, -0.2) is 47.8 Å². The van der Waals surface area contributed by atoms with Crippen LogP contribution in [-0.2, 0) is 10.0 Å². The molecule has 0 radical (unpaired) electrons. The summed E-state index contributed by atoms with van der Waals surface area (Å²) in [6.45, 7) is 4.53. The average molecular weight is 635 g/mol. The molecule has 2 aromatic heterocycles. The molecule has 0 bridgehead atoms. The standard InChI is InChI=1S/C25H24BrN5O6S2/c1-3-5-14-29(4-2)39(35,36)20-10-6-17(7-11-20)24(32)30(27-16-19-9-13-23(37-19)31(33)34)25-28-21-12-8-18(26)15-22(21)38-25/h6-13,15-16H,3-5,14H2,1-2H3/b27-16+. The van der Waals surface area contributed by atoms with E-state index in [2.05, 4.69) is 26.0 Å². The van der Waals surface area contributed by atoms with Gasteiger partial charge in [0.05, 0.1) is 27.4 Å². The quantitative estimate of drug-likeness (QED) is 0.111. The second kappa shape index (κ2) is 12.2. The van der Waals surface area contributed by atoms with Crippen LogP contribution in [0.2, 0.25) is 0 Å². The van der Waals surface area contributed by atoms with Crippen LogP contribution < -0.4 is 5.01 Å². The zero-order valence-electron chi connectivity index (χ0n) is 21.0. The number of hydrogen-bond acceptors (Lipinski definition) is 9. The van der Waals surface area contributed by atoms with Crippen molar-refractivity contribution in [2.24, 2.45) is 5.10 Å². The highest BCUT2D eigenvalue weighted by atomic mass is 79.9. The van der Waals surface area contributed by atoms with Gasteiger partial charge in [-0.2, -0.15) is 14.4 Å². The number of sulfonamides is 1. The molecular weight excluding hydrogens is 610 g/mol. The highest BCUT2D eigenvalue weighted by Crippen LogP contribution is 2.32. The maximum atomic E-state index is 13.6. The van der Waals surface area contributed by atoms with Gasteiger partial charge in [0.1, 0.15) is 4.92 Å². The van der Waals surface area contributed by atoms with Gasteiger partial charge in [-0.15, -0.1) is 0 Å². The van der Waals surface area contributed by atoms with Crippen molar-refractivity contribution < 1.29 is 22.6 Å². The van der Waals surface area contributed by atoms with E-state index in [1.807, 2.05) is 19.1 Å². The van der Waals surface area contributed by atoms with E-state index in [4.69, 9.17) is 4.42 Å². The number of halogens is 1. The molecule has 0 saturated heterocycles. The molecule has 1 amide bonds. The smallest absolute Gasteiger partial charge is 0.400 e. The Kier molecular flexibility index (Phi) is 8.90. The van der Waals surface area contributed by atoms with Gasteiger partial charge in [0.2, 0.25) is 15.2 Å². The van der Waals surface area contributed by atoms with E-state index in [1.165, 1.54) is 58.3 Å². The number of anilines is 1. The summed E-state index contributed by atoms with van der Waals surface area (Å²) in [6.07, 6.45) is 2.79. The summed E-state index contributed by atoms with van der Waals surface area (Å²) in [5.41, 5.74) is 0.821. The summed E-state index contributed by atoms with van der Waals surface area (Å²) in [6, 6.07) is 13.6. The van der Waals surface area contributed by atoms with Crippen molar-refractivity contribution in [1.29, 1.82) is 0 Å². The molecule has 14 heteroatoms. The van der Waals surface area contributed by atoms with Gasteiger partial charge in [0.25, 0.3) is 5.91 Å². The number of hydrogen-bond donors (Lipinski definition) is 0. The first-order valence-corrected chi connectivity index (χ1v) is 15.0. The van der Waals surface area contributed by atoms with Gasteiger partial charge in [-0.05, 0) is 55.0 Å². The zero-order chi connectivity index (χ0) is 28.2. The Morgan fingerprint density at radius 2 is 1.92 bits per heavy atom. The second-order valence-electron chi connectivity index (χ2n) is 8.28. The fourth-order valence-electron chi connectivity index (χ4n) is 3.61. The monoisotopic (exact) mass is 633 g/mol. The highest BCUT2D eigenvalue weighted by Gasteiger charge is 2.25. The van der Waals surface area contributed by atoms with Crippen molar-refractivity contribution in [2.45, 2.75) is 31.6 Å². The number of nitrogens with zero attached hydrogens (tertiary/aromatic N) is 5. The van der Waals surface area contributed by atoms with Crippen LogP contribution in [0.4, 0.5) is 11.0 Å². The minimum absolute atomic E-state index is 0.0662. The topological polar surface area (TPSA) is 139 Å². The average Bonchev–Trinajstić information content (AvgIpc) is 3.56. The number of hydrazone groups is 1. The van der Waals surface area contributed by atoms with Crippen LogP contribution in [0.25, 0.3) is 10.2 Å². The van der Waals surface area contributed by atoms with E-state index in [-0.39, 0.29) is 21.4 Å². The Morgan fingerprint density at radius 3 is 2.56 bits per heavy atom. The van der Waals surface area contributed by atoms with Crippen LogP contribution in [0.3, 0.4) is 0 Å². The molecule has 11 nitrogen and oxygen atoms in total. The minimum atomic E-state index is -3.71. The molecule has 0 spiro atoms. The lowest BCUT2D eigenvalue weighted by molar-refractivity contribution is -0.402. The minimum Gasteiger partial charge on any atom is -0.400 e. The summed E-state index contributed by atoms with van der Waals surface area (Å²) >= 11 is 4.64. The van der Waals surface area contributed by atoms with E-state index in [9.17, 15) is 23.3 Å². The number of thiazole rings is 1. The predicted molar refractivity (Wildman–Crippen MR) is 153 cm³/mol. The summed E-state index contributed by atoms with van der Waals surface area (Å²) in [5, 5.41) is 16.5. The lowest BCUT2D eigenvalue weighted by Gasteiger charge is -2.20. The van der Waals surface area contributed by atoms with E-state index in [0.29, 0.717) is 18.6 Å². The number of nitro groups is 1.